The molecule has 1 aromatic carbocycles. The van der Waals surface area contributed by atoms with E-state index in [1.54, 1.807) is 12.1 Å². The number of epoxide rings is 1. The van der Waals surface area contributed by atoms with Crippen molar-refractivity contribution in [3.63, 3.8) is 0 Å². The number of phenolic OH excluding ortho intramolecular Hbond substituents is 1. The maximum atomic E-state index is 12.5. The van der Waals surface area contributed by atoms with Gasteiger partial charge in [0, 0.05) is 12.0 Å². The van der Waals surface area contributed by atoms with Gasteiger partial charge in [0.15, 0.2) is 17.5 Å². The largest absolute Gasteiger partial charge is 0.507 e. The highest BCUT2D eigenvalue weighted by molar-refractivity contribution is 6.24. The maximum Gasteiger partial charge on any atom is 0.202 e. The minimum atomic E-state index is -1.08. The second-order valence-corrected chi connectivity index (χ2v) is 5.27. The Morgan fingerprint density at radius 2 is 2.16 bits per heavy atom. The Balaban J connectivity index is 2.08. The van der Waals surface area contributed by atoms with Gasteiger partial charge in [0.2, 0.25) is 5.78 Å². The zero-order valence-corrected chi connectivity index (χ0v) is 10.8. The van der Waals surface area contributed by atoms with Crippen molar-refractivity contribution in [1.29, 1.82) is 0 Å². The minimum Gasteiger partial charge on any atom is -0.507 e. The van der Waals surface area contributed by atoms with Gasteiger partial charge >= 0.3 is 0 Å². The summed E-state index contributed by atoms with van der Waals surface area (Å²) in [5, 5.41) is 9.83. The summed E-state index contributed by atoms with van der Waals surface area (Å²) in [4.78, 5) is 24.7. The number of benzene rings is 1. The van der Waals surface area contributed by atoms with Crippen LogP contribution in [0.3, 0.4) is 0 Å². The zero-order chi connectivity index (χ0) is 13.8. The average Bonchev–Trinajstić information content (AvgIpc) is 3.10. The first kappa shape index (κ1) is 12.1. The molecule has 0 radical (unpaired) electrons. The Kier molecular flexibility index (Phi) is 2.41. The highest BCUT2D eigenvalue weighted by Gasteiger charge is 2.68. The lowest BCUT2D eigenvalue weighted by atomic mass is 9.79. The van der Waals surface area contributed by atoms with Crippen molar-refractivity contribution in [2.24, 2.45) is 0 Å². The van der Waals surface area contributed by atoms with E-state index >= 15 is 0 Å². The van der Waals surface area contributed by atoms with Crippen molar-refractivity contribution in [1.82, 2.24) is 0 Å². The molecule has 0 saturated carbocycles. The quantitative estimate of drug-likeness (QED) is 0.652. The van der Waals surface area contributed by atoms with Crippen LogP contribution in [0.1, 0.15) is 41.0 Å². The Hall–Kier alpha value is -1.94. The van der Waals surface area contributed by atoms with E-state index in [4.69, 9.17) is 4.74 Å². The number of carbonyl (C=O) groups excluding carboxylic acids is 2. The van der Waals surface area contributed by atoms with Crippen LogP contribution in [0.25, 0.3) is 0 Å². The number of hydrogen-bond acceptors (Lipinski definition) is 4. The lowest BCUT2D eigenvalue weighted by Crippen LogP contribution is -2.36. The molecule has 2 atom stereocenters. The zero-order valence-electron chi connectivity index (χ0n) is 10.8. The molecular formula is C15H14O4. The number of hydrogen-bond donors (Lipinski definition) is 1. The predicted molar refractivity (Wildman–Crippen MR) is 68.4 cm³/mol. The van der Waals surface area contributed by atoms with Gasteiger partial charge in [-0.25, -0.2) is 0 Å². The van der Waals surface area contributed by atoms with Crippen molar-refractivity contribution in [2.45, 2.75) is 32.0 Å². The Morgan fingerprint density at radius 3 is 2.84 bits per heavy atom. The number of ketones is 2. The molecule has 1 fully saturated rings. The smallest absolute Gasteiger partial charge is 0.202 e. The summed E-state index contributed by atoms with van der Waals surface area (Å²) in [7, 11) is 0. The fraction of sp³-hybridized carbons (Fsp3) is 0.333. The van der Waals surface area contributed by atoms with E-state index in [1.807, 2.05) is 19.9 Å². The van der Waals surface area contributed by atoms with E-state index in [0.29, 0.717) is 6.42 Å². The van der Waals surface area contributed by atoms with E-state index in [1.165, 1.54) is 6.07 Å². The van der Waals surface area contributed by atoms with Crippen LogP contribution in [0, 0.1) is 0 Å². The van der Waals surface area contributed by atoms with E-state index in [0.717, 1.165) is 5.57 Å². The summed E-state index contributed by atoms with van der Waals surface area (Å²) in [6.45, 7) is 3.85. The number of carbonyl (C=O) groups is 2. The van der Waals surface area contributed by atoms with Crippen molar-refractivity contribution >= 4 is 11.6 Å². The molecule has 0 amide bonds. The number of phenols is 1. The second kappa shape index (κ2) is 3.78. The molecule has 1 aliphatic heterocycles. The highest BCUT2D eigenvalue weighted by atomic mass is 16.6. The average molecular weight is 258 g/mol. The molecule has 4 nitrogen and oxygen atoms in total. The summed E-state index contributed by atoms with van der Waals surface area (Å²) in [5.41, 5.74) is 0.343. The van der Waals surface area contributed by atoms with Gasteiger partial charge in [-0.2, -0.15) is 0 Å². The molecule has 0 bridgehead atoms. The molecule has 0 unspecified atom stereocenters. The molecule has 1 saturated heterocycles. The van der Waals surface area contributed by atoms with Gasteiger partial charge in [0.05, 0.1) is 5.56 Å². The third kappa shape index (κ3) is 1.56. The van der Waals surface area contributed by atoms with Crippen LogP contribution in [-0.4, -0.2) is 28.4 Å². The third-order valence-electron chi connectivity index (χ3n) is 3.67. The van der Waals surface area contributed by atoms with Crippen LogP contribution < -0.4 is 0 Å². The summed E-state index contributed by atoms with van der Waals surface area (Å²) in [6.07, 6.45) is 1.57. The van der Waals surface area contributed by atoms with Crippen molar-refractivity contribution in [3.8, 4) is 5.75 Å². The molecule has 0 spiro atoms. The number of ether oxygens (including phenoxy) is 1. The number of rotatable bonds is 2. The summed E-state index contributed by atoms with van der Waals surface area (Å²) in [5.74, 6) is -0.656. The van der Waals surface area contributed by atoms with E-state index < -0.39 is 11.7 Å². The van der Waals surface area contributed by atoms with Crippen LogP contribution in [0.4, 0.5) is 0 Å². The molecule has 1 aliphatic carbocycles. The van der Waals surface area contributed by atoms with E-state index in [-0.39, 0.29) is 28.4 Å². The molecule has 98 valence electrons. The maximum absolute atomic E-state index is 12.5. The second-order valence-electron chi connectivity index (χ2n) is 5.27. The topological polar surface area (TPSA) is 66.9 Å². The molecule has 1 heterocycles. The van der Waals surface area contributed by atoms with E-state index in [2.05, 4.69) is 0 Å². The van der Waals surface area contributed by atoms with Gasteiger partial charge in [0.1, 0.15) is 5.75 Å². The minimum absolute atomic E-state index is 0.100. The normalized spacial score (nSPS) is 27.6. The molecule has 3 rings (SSSR count). The molecular weight excluding hydrogens is 244 g/mol. The standard InChI is InChI=1S/C15H14O4/c1-8(2)6-7-15-13(18)11-9(4-3-5-10(11)16)12(17)14(15)19-15/h3-6,14,16H,7H2,1-2H3/t14-,15-/m1/s1. The molecule has 0 aromatic heterocycles. The first-order valence-corrected chi connectivity index (χ1v) is 6.19. The van der Waals surface area contributed by atoms with Gasteiger partial charge in [0.25, 0.3) is 0 Å². The molecule has 1 aromatic rings. The van der Waals surface area contributed by atoms with Crippen LogP contribution >= 0.6 is 0 Å². The summed E-state index contributed by atoms with van der Waals surface area (Å²) < 4.78 is 5.42. The lowest BCUT2D eigenvalue weighted by molar-refractivity contribution is 0.0859. The number of fused-ring (bicyclic) bond motifs is 2. The van der Waals surface area contributed by atoms with Gasteiger partial charge < -0.3 is 9.84 Å². The lowest BCUT2D eigenvalue weighted by Gasteiger charge is -2.18. The van der Waals surface area contributed by atoms with Crippen LogP contribution in [0.15, 0.2) is 29.8 Å². The van der Waals surface area contributed by atoms with Crippen LogP contribution in [-0.2, 0) is 4.74 Å². The fourth-order valence-electron chi connectivity index (χ4n) is 2.55. The molecule has 2 aliphatic rings. The summed E-state index contributed by atoms with van der Waals surface area (Å²) in [6, 6.07) is 4.54. The third-order valence-corrected chi connectivity index (χ3v) is 3.67. The van der Waals surface area contributed by atoms with Crippen molar-refractivity contribution < 1.29 is 19.4 Å². The van der Waals surface area contributed by atoms with E-state index in [9.17, 15) is 14.7 Å². The monoisotopic (exact) mass is 258 g/mol. The first-order chi connectivity index (χ1) is 8.97. The predicted octanol–water partition coefficient (Wildman–Crippen LogP) is 2.27. The summed E-state index contributed by atoms with van der Waals surface area (Å²) >= 11 is 0. The fourth-order valence-corrected chi connectivity index (χ4v) is 2.55. The number of allylic oxidation sites excluding steroid dienone is 1. The first-order valence-electron chi connectivity index (χ1n) is 6.19. The van der Waals surface area contributed by atoms with Gasteiger partial charge in [-0.05, 0) is 19.9 Å². The van der Waals surface area contributed by atoms with Crippen molar-refractivity contribution in [2.75, 3.05) is 0 Å². The Labute approximate surface area is 110 Å². The Bertz CT molecular complexity index is 625. The van der Waals surface area contributed by atoms with Gasteiger partial charge in [-0.15, -0.1) is 0 Å². The molecule has 4 heteroatoms. The van der Waals surface area contributed by atoms with Crippen LogP contribution in [0.5, 0.6) is 5.75 Å². The van der Waals surface area contributed by atoms with Crippen LogP contribution in [0.2, 0.25) is 0 Å². The molecule has 1 N–H and O–H groups in total. The number of Topliss-reactive ketones (excluding diaryl/α,β-unsaturated/α-hetero) is 2. The van der Waals surface area contributed by atoms with Gasteiger partial charge in [-0.1, -0.05) is 23.8 Å². The number of aromatic hydroxyl groups is 1. The van der Waals surface area contributed by atoms with Gasteiger partial charge in [-0.3, -0.25) is 9.59 Å². The Morgan fingerprint density at radius 1 is 1.42 bits per heavy atom. The van der Waals surface area contributed by atoms with Crippen molar-refractivity contribution in [3.05, 3.63) is 41.0 Å². The SMILES string of the molecule is CC(C)=CC[C@]12O[C@@H]1C(=O)c1cccc(O)c1C2=O. The molecule has 19 heavy (non-hydrogen) atoms. The highest BCUT2D eigenvalue weighted by Crippen LogP contribution is 2.50.